The summed E-state index contributed by atoms with van der Waals surface area (Å²) in [7, 11) is -1.30. The van der Waals surface area contributed by atoms with E-state index in [9.17, 15) is 4.21 Å². The van der Waals surface area contributed by atoms with Crippen LogP contribution in [0, 0.1) is 3.70 Å². The molecule has 0 aliphatic heterocycles. The van der Waals surface area contributed by atoms with E-state index >= 15 is 0 Å². The molecule has 0 N–H and O–H groups in total. The fourth-order valence-corrected chi connectivity index (χ4v) is 4.37. The third-order valence-corrected chi connectivity index (χ3v) is 5.62. The number of fused-ring (bicyclic) bond motifs is 1. The Kier molecular flexibility index (Phi) is 3.72. The Morgan fingerprint density at radius 3 is 2.95 bits per heavy atom. The lowest BCUT2D eigenvalue weighted by atomic mass is 10.2. The minimum atomic E-state index is -1.30. The molecular weight excluding hydrogens is 397 g/mol. The van der Waals surface area contributed by atoms with Gasteiger partial charge in [0.15, 0.2) is 16.6 Å². The molecule has 1 atom stereocenters. The lowest BCUT2D eigenvalue weighted by Gasteiger charge is -2.09. The van der Waals surface area contributed by atoms with Crippen molar-refractivity contribution < 1.29 is 4.21 Å². The van der Waals surface area contributed by atoms with E-state index in [1.54, 1.807) is 3.97 Å². The molecule has 0 saturated heterocycles. The Bertz CT molecular complexity index is 738. The Morgan fingerprint density at radius 1 is 1.37 bits per heavy atom. The van der Waals surface area contributed by atoms with Crippen LogP contribution in [0.25, 0.3) is 11.0 Å². The van der Waals surface area contributed by atoms with Crippen molar-refractivity contribution in [2.45, 2.75) is 12.8 Å². The first-order valence-corrected chi connectivity index (χ1v) is 8.21. The summed E-state index contributed by atoms with van der Waals surface area (Å²) in [6, 6.07) is 1.85. The van der Waals surface area contributed by atoms with Crippen molar-refractivity contribution in [1.82, 2.24) is 13.9 Å². The Labute approximate surface area is 131 Å². The predicted octanol–water partition coefficient (Wildman–Crippen LogP) is 3.44. The van der Waals surface area contributed by atoms with Gasteiger partial charge in [0, 0.05) is 0 Å². The van der Waals surface area contributed by atoms with Gasteiger partial charge in [-0.15, -0.1) is 0 Å². The molecule has 2 heterocycles. The summed E-state index contributed by atoms with van der Waals surface area (Å²) in [6.07, 6.45) is 9.25. The van der Waals surface area contributed by atoms with Gasteiger partial charge in [-0.2, -0.15) is 0 Å². The molecule has 2 aromatic rings. The molecule has 1 unspecified atom stereocenters. The molecule has 0 amide bonds. The smallest absolute Gasteiger partial charge is 0.158 e. The van der Waals surface area contributed by atoms with E-state index in [1.165, 1.54) is 6.33 Å². The molecule has 4 nitrogen and oxygen atoms in total. The average molecular weight is 406 g/mol. The predicted molar refractivity (Wildman–Crippen MR) is 85.3 cm³/mol. The summed E-state index contributed by atoms with van der Waals surface area (Å²) >= 11 is 8.17. The second-order valence-electron chi connectivity index (χ2n) is 4.00. The van der Waals surface area contributed by atoms with Crippen LogP contribution in [0.4, 0.5) is 0 Å². The highest BCUT2D eigenvalue weighted by atomic mass is 127. The monoisotopic (exact) mass is 405 g/mol. The Morgan fingerprint density at radius 2 is 2.21 bits per heavy atom. The number of rotatable bonds is 2. The number of allylic oxidation sites excluding steroid dienone is 3. The summed E-state index contributed by atoms with van der Waals surface area (Å²) in [6.45, 7) is 0. The lowest BCUT2D eigenvalue weighted by molar-refractivity contribution is 0.682. The van der Waals surface area contributed by atoms with E-state index in [1.807, 2.05) is 24.3 Å². The topological polar surface area (TPSA) is 47.8 Å². The molecule has 98 valence electrons. The molecular formula is C12H9ClIN3OS. The van der Waals surface area contributed by atoms with Gasteiger partial charge < -0.3 is 0 Å². The molecule has 1 aliphatic carbocycles. The van der Waals surface area contributed by atoms with Crippen LogP contribution in [0.1, 0.15) is 12.8 Å². The lowest BCUT2D eigenvalue weighted by Crippen LogP contribution is -2.09. The fourth-order valence-electron chi connectivity index (χ4n) is 1.91. The van der Waals surface area contributed by atoms with Crippen molar-refractivity contribution in [1.29, 1.82) is 0 Å². The maximum Gasteiger partial charge on any atom is 0.158 e. The van der Waals surface area contributed by atoms with Crippen LogP contribution in [-0.2, 0) is 11.0 Å². The van der Waals surface area contributed by atoms with Gasteiger partial charge in [-0.05, 0) is 47.6 Å². The first kappa shape index (κ1) is 13.3. The molecule has 1 aliphatic rings. The molecule has 0 aromatic carbocycles. The van der Waals surface area contributed by atoms with Crippen LogP contribution in [-0.4, -0.2) is 18.1 Å². The normalized spacial score (nSPS) is 16.6. The maximum absolute atomic E-state index is 12.7. The van der Waals surface area contributed by atoms with Crippen molar-refractivity contribution in [2.75, 3.05) is 0 Å². The first-order valence-electron chi connectivity index (χ1n) is 5.65. The second kappa shape index (κ2) is 5.34. The molecule has 0 bridgehead atoms. The van der Waals surface area contributed by atoms with Gasteiger partial charge in [0.05, 0.1) is 14.0 Å². The molecule has 0 radical (unpaired) electrons. The van der Waals surface area contributed by atoms with E-state index < -0.39 is 11.0 Å². The van der Waals surface area contributed by atoms with Crippen LogP contribution >= 0.6 is 34.2 Å². The van der Waals surface area contributed by atoms with Gasteiger partial charge in [-0.1, -0.05) is 23.8 Å². The van der Waals surface area contributed by atoms with Gasteiger partial charge in [-0.25, -0.2) is 18.1 Å². The second-order valence-corrected chi connectivity index (χ2v) is 6.80. The third kappa shape index (κ3) is 2.36. The van der Waals surface area contributed by atoms with E-state index in [0.29, 0.717) is 10.8 Å². The van der Waals surface area contributed by atoms with Crippen molar-refractivity contribution in [3.63, 3.8) is 0 Å². The SMILES string of the molecule is O=S(C1=CCCC=C1)n1c(I)cc2c(Cl)ncnc21. The number of aromatic nitrogens is 3. The first-order chi connectivity index (χ1) is 9.18. The molecule has 7 heteroatoms. The summed E-state index contributed by atoms with van der Waals surface area (Å²) in [5.41, 5.74) is 0.600. The van der Waals surface area contributed by atoms with Crippen LogP contribution < -0.4 is 0 Å². The number of hydrogen-bond donors (Lipinski definition) is 0. The zero-order chi connectivity index (χ0) is 13.4. The van der Waals surface area contributed by atoms with Gasteiger partial charge in [-0.3, -0.25) is 0 Å². The van der Waals surface area contributed by atoms with Gasteiger partial charge in [0.25, 0.3) is 0 Å². The average Bonchev–Trinajstić information content (AvgIpc) is 2.77. The van der Waals surface area contributed by atoms with Gasteiger partial charge in [0.2, 0.25) is 0 Å². The van der Waals surface area contributed by atoms with Crippen molar-refractivity contribution in [3.8, 4) is 0 Å². The minimum absolute atomic E-state index is 0.381. The standard InChI is InChI=1S/C12H9ClIN3OS/c13-11-9-6-10(14)17(12(9)16-7-15-11)19(18)8-4-2-1-3-5-8/h2,4-7H,1,3H2. The van der Waals surface area contributed by atoms with E-state index in [0.717, 1.165) is 26.8 Å². The fraction of sp³-hybridized carbons (Fsp3) is 0.167. The highest BCUT2D eigenvalue weighted by Crippen LogP contribution is 2.27. The van der Waals surface area contributed by atoms with Crippen molar-refractivity contribution >= 4 is 56.2 Å². The summed E-state index contributed by atoms with van der Waals surface area (Å²) in [5.74, 6) is 0. The zero-order valence-corrected chi connectivity index (χ0v) is 13.4. The third-order valence-electron chi connectivity index (χ3n) is 2.79. The van der Waals surface area contributed by atoms with Crippen molar-refractivity contribution in [3.05, 3.63) is 44.4 Å². The maximum atomic E-state index is 12.7. The highest BCUT2D eigenvalue weighted by Gasteiger charge is 2.18. The quantitative estimate of drug-likeness (QED) is 0.568. The van der Waals surface area contributed by atoms with Gasteiger partial charge >= 0.3 is 0 Å². The van der Waals surface area contributed by atoms with Crippen LogP contribution in [0.5, 0.6) is 0 Å². The number of hydrogen-bond acceptors (Lipinski definition) is 3. The van der Waals surface area contributed by atoms with E-state index in [-0.39, 0.29) is 0 Å². The minimum Gasteiger partial charge on any atom is -0.232 e. The summed E-state index contributed by atoms with van der Waals surface area (Å²) in [4.78, 5) is 8.94. The number of halogens is 2. The van der Waals surface area contributed by atoms with E-state index in [4.69, 9.17) is 11.6 Å². The number of nitrogens with zero attached hydrogens (tertiary/aromatic N) is 3. The summed E-state index contributed by atoms with van der Waals surface area (Å²) in [5, 5.41) is 1.11. The Balaban J connectivity index is 2.17. The van der Waals surface area contributed by atoms with Crippen molar-refractivity contribution in [2.24, 2.45) is 0 Å². The van der Waals surface area contributed by atoms with Crippen LogP contribution in [0.2, 0.25) is 5.15 Å². The molecule has 0 spiro atoms. The zero-order valence-electron chi connectivity index (χ0n) is 9.72. The largest absolute Gasteiger partial charge is 0.232 e. The van der Waals surface area contributed by atoms with Crippen LogP contribution in [0.3, 0.4) is 0 Å². The van der Waals surface area contributed by atoms with Gasteiger partial charge in [0.1, 0.15) is 11.5 Å². The molecule has 3 rings (SSSR count). The molecule has 19 heavy (non-hydrogen) atoms. The molecule has 0 saturated carbocycles. The molecule has 0 fully saturated rings. The van der Waals surface area contributed by atoms with Crippen LogP contribution in [0.15, 0.2) is 35.5 Å². The Hall–Kier alpha value is -0.730. The summed E-state index contributed by atoms with van der Waals surface area (Å²) < 4.78 is 15.2. The van der Waals surface area contributed by atoms with E-state index in [2.05, 4.69) is 32.6 Å². The highest BCUT2D eigenvalue weighted by molar-refractivity contribution is 14.1. The molecule has 2 aromatic heterocycles.